The molecule has 0 heterocycles. The Morgan fingerprint density at radius 3 is 0.0588 bits per heavy atom. The van der Waals surface area contributed by atoms with Crippen LogP contribution in [0.25, 0.3) is 0 Å². The SMILES string of the molecule is CC.CC.CC.CC.CC.CC.CC.CC.CC.CC.CC.CC.CC.CC.CC.CC.CC.CC.CC.CC.CC.CC.CC.CC.[V].[V].[V]. The smallest absolute Gasteiger partial charge is 0 e. The molecule has 3 heteroatoms. The van der Waals surface area contributed by atoms with E-state index >= 15 is 0 Å². The van der Waals surface area contributed by atoms with Crippen molar-refractivity contribution in [3.05, 3.63) is 0 Å². The van der Waals surface area contributed by atoms with Crippen molar-refractivity contribution >= 4 is 0 Å². The van der Waals surface area contributed by atoms with Crippen LogP contribution in [0.2, 0.25) is 0 Å². The van der Waals surface area contributed by atoms with Crippen LogP contribution < -0.4 is 0 Å². The topological polar surface area (TPSA) is 0 Å². The molecule has 0 rings (SSSR count). The zero-order valence-corrected chi connectivity index (χ0v) is 53.5. The predicted molar refractivity (Wildman–Crippen MR) is 272 cm³/mol. The van der Waals surface area contributed by atoms with Gasteiger partial charge in [-0.3, -0.25) is 0 Å². The van der Waals surface area contributed by atoms with E-state index in [-0.39, 0.29) is 55.7 Å². The number of hydrogen-bond donors (Lipinski definition) is 0. The first-order valence-corrected chi connectivity index (χ1v) is 24.0. The summed E-state index contributed by atoms with van der Waals surface area (Å²) >= 11 is 0. The van der Waals surface area contributed by atoms with Gasteiger partial charge in [0.15, 0.2) is 0 Å². The summed E-state index contributed by atoms with van der Waals surface area (Å²) in [7, 11) is 0. The van der Waals surface area contributed by atoms with E-state index in [0.29, 0.717) is 0 Å². The Morgan fingerprint density at radius 1 is 0.0588 bits per heavy atom. The second-order valence-corrected chi connectivity index (χ2v) is 0. The Balaban J connectivity index is -0.00000000470. The normalized spacial score (nSPS) is 2.82. The van der Waals surface area contributed by atoms with Crippen LogP contribution in [0, 0.1) is 0 Å². The van der Waals surface area contributed by atoms with Gasteiger partial charge in [0.05, 0.1) is 0 Å². The van der Waals surface area contributed by atoms with Gasteiger partial charge >= 0.3 is 0 Å². The van der Waals surface area contributed by atoms with Crippen LogP contribution in [-0.4, -0.2) is 0 Å². The first-order chi connectivity index (χ1) is 24.0. The Labute approximate surface area is 385 Å². The summed E-state index contributed by atoms with van der Waals surface area (Å²) in [6.07, 6.45) is 0. The predicted octanol–water partition coefficient (Wildman–Crippen LogP) is 24.6. The van der Waals surface area contributed by atoms with E-state index in [2.05, 4.69) is 0 Å². The largest absolute Gasteiger partial charge is 0.0683 e. The average Bonchev–Trinajstić information content (AvgIpc) is 3.34. The molecule has 0 spiro atoms. The van der Waals surface area contributed by atoms with Crippen LogP contribution in [0.5, 0.6) is 0 Å². The maximum Gasteiger partial charge on any atom is 0 e. The standard InChI is InChI=1S/24C2H6.3V/c24*1-2;;;/h24*1-2H3;;;. The molecule has 0 fully saturated rings. The molecule has 3 radical (unpaired) electrons. The van der Waals surface area contributed by atoms with Crippen molar-refractivity contribution < 1.29 is 55.7 Å². The van der Waals surface area contributed by atoms with E-state index in [4.69, 9.17) is 0 Å². The summed E-state index contributed by atoms with van der Waals surface area (Å²) in [6, 6.07) is 0. The second kappa shape index (κ2) is 43400. The molecule has 0 saturated carbocycles. The molecule has 0 aliphatic carbocycles. The zero-order chi connectivity index (χ0) is 48.0. The quantitative estimate of drug-likeness (QED) is 0.227. The molecule has 0 unspecified atom stereocenters. The molecule has 0 aromatic heterocycles. The van der Waals surface area contributed by atoms with Crippen molar-refractivity contribution in [2.75, 3.05) is 0 Å². The fraction of sp³-hybridized carbons (Fsp3) is 1.00. The molecule has 351 valence electrons. The van der Waals surface area contributed by atoms with Gasteiger partial charge in [-0.1, -0.05) is 332 Å². The minimum atomic E-state index is 0. The van der Waals surface area contributed by atoms with Crippen LogP contribution >= 0.6 is 0 Å². The summed E-state index contributed by atoms with van der Waals surface area (Å²) in [5, 5.41) is 0. The van der Waals surface area contributed by atoms with Crippen LogP contribution in [0.15, 0.2) is 0 Å². The molecule has 51 heavy (non-hydrogen) atoms. The van der Waals surface area contributed by atoms with Gasteiger partial charge < -0.3 is 0 Å². The summed E-state index contributed by atoms with van der Waals surface area (Å²) in [6.45, 7) is 96.0. The zero-order valence-electron chi connectivity index (χ0n) is 49.3. The summed E-state index contributed by atoms with van der Waals surface area (Å²) in [4.78, 5) is 0. The molecular weight excluding hydrogens is 729 g/mol. The Morgan fingerprint density at radius 2 is 0.0588 bits per heavy atom. The van der Waals surface area contributed by atoms with Crippen molar-refractivity contribution in [2.45, 2.75) is 332 Å². The molecule has 0 atom stereocenters. The molecule has 0 aliphatic rings. The van der Waals surface area contributed by atoms with Gasteiger partial charge in [-0.2, -0.15) is 0 Å². The van der Waals surface area contributed by atoms with Gasteiger partial charge in [0.1, 0.15) is 0 Å². The van der Waals surface area contributed by atoms with Gasteiger partial charge in [0, 0.05) is 55.7 Å². The van der Waals surface area contributed by atoms with Crippen molar-refractivity contribution in [1.29, 1.82) is 0 Å². The molecular formula is C48H144V3. The molecule has 0 aromatic carbocycles. The third-order valence-corrected chi connectivity index (χ3v) is 0. The minimum absolute atomic E-state index is 0. The third-order valence-electron chi connectivity index (χ3n) is 0. The summed E-state index contributed by atoms with van der Waals surface area (Å²) in [5.41, 5.74) is 0. The Kier molecular flexibility index (Phi) is 181000. The maximum atomic E-state index is 2.00. The second-order valence-electron chi connectivity index (χ2n) is 0. The number of rotatable bonds is 0. The van der Waals surface area contributed by atoms with E-state index in [9.17, 15) is 0 Å². The van der Waals surface area contributed by atoms with E-state index in [1.807, 2.05) is 332 Å². The van der Waals surface area contributed by atoms with Gasteiger partial charge in [0.2, 0.25) is 0 Å². The Bertz CT molecular complexity index is 16.5. The molecule has 0 nitrogen and oxygen atoms in total. The third kappa shape index (κ3) is 41700. The molecule has 0 aromatic rings. The first kappa shape index (κ1) is 213. The fourth-order valence-corrected chi connectivity index (χ4v) is 0. The van der Waals surface area contributed by atoms with Gasteiger partial charge in [-0.25, -0.2) is 0 Å². The van der Waals surface area contributed by atoms with Gasteiger partial charge in [0.25, 0.3) is 0 Å². The maximum absolute atomic E-state index is 2.00. The molecule has 0 aliphatic heterocycles. The van der Waals surface area contributed by atoms with E-state index < -0.39 is 0 Å². The molecule has 0 bridgehead atoms. The molecule has 0 saturated heterocycles. The van der Waals surface area contributed by atoms with Crippen molar-refractivity contribution in [3.63, 3.8) is 0 Å². The van der Waals surface area contributed by atoms with Crippen molar-refractivity contribution in [2.24, 2.45) is 0 Å². The Hall–Kier alpha value is 1.75. The number of hydrogen-bond acceptors (Lipinski definition) is 0. The average molecular weight is 875 g/mol. The van der Waals surface area contributed by atoms with Crippen LogP contribution in [0.3, 0.4) is 0 Å². The molecule has 0 N–H and O–H groups in total. The van der Waals surface area contributed by atoms with Crippen LogP contribution in [-0.2, 0) is 55.7 Å². The van der Waals surface area contributed by atoms with E-state index in [0.717, 1.165) is 0 Å². The summed E-state index contributed by atoms with van der Waals surface area (Å²) in [5.74, 6) is 0. The van der Waals surface area contributed by atoms with E-state index in [1.54, 1.807) is 0 Å². The minimum Gasteiger partial charge on any atom is -0.0683 e. The van der Waals surface area contributed by atoms with Gasteiger partial charge in [-0.05, 0) is 0 Å². The van der Waals surface area contributed by atoms with Crippen LogP contribution in [0.1, 0.15) is 332 Å². The van der Waals surface area contributed by atoms with Gasteiger partial charge in [-0.15, -0.1) is 0 Å². The monoisotopic (exact) mass is 874 g/mol. The summed E-state index contributed by atoms with van der Waals surface area (Å²) < 4.78 is 0. The van der Waals surface area contributed by atoms with Crippen molar-refractivity contribution in [3.8, 4) is 0 Å². The van der Waals surface area contributed by atoms with Crippen molar-refractivity contribution in [1.82, 2.24) is 0 Å². The first-order valence-electron chi connectivity index (χ1n) is 24.0. The molecule has 0 amide bonds. The van der Waals surface area contributed by atoms with E-state index in [1.165, 1.54) is 0 Å². The van der Waals surface area contributed by atoms with Crippen LogP contribution in [0.4, 0.5) is 0 Å². The fourth-order valence-electron chi connectivity index (χ4n) is 0.